The third kappa shape index (κ3) is 9.47. The fourth-order valence-electron chi connectivity index (χ4n) is 16.8. The number of rotatable bonds is 14. The second kappa shape index (κ2) is 23.4. The van der Waals surface area contributed by atoms with Gasteiger partial charge in [0.1, 0.15) is 0 Å². The Balaban J connectivity index is 0.676. The molecule has 3 aliphatic carbocycles. The number of benzene rings is 15. The summed E-state index contributed by atoms with van der Waals surface area (Å²) in [6.07, 6.45) is 6.89. The van der Waals surface area contributed by atoms with E-state index in [2.05, 4.69) is 368 Å². The van der Waals surface area contributed by atoms with E-state index in [4.69, 9.17) is 0 Å². The Hall–Kier alpha value is -12.9. The van der Waals surface area contributed by atoms with Crippen molar-refractivity contribution in [2.75, 3.05) is 14.7 Å². The van der Waals surface area contributed by atoms with Crippen molar-refractivity contribution in [1.82, 2.24) is 13.7 Å². The first-order valence-electron chi connectivity index (χ1n) is 35.9. The van der Waals surface area contributed by atoms with E-state index in [1.807, 2.05) is 0 Å². The summed E-state index contributed by atoms with van der Waals surface area (Å²) < 4.78 is 7.34. The van der Waals surface area contributed by atoms with Crippen LogP contribution in [0.3, 0.4) is 0 Å². The second-order valence-electron chi connectivity index (χ2n) is 27.9. The van der Waals surface area contributed by atoms with Gasteiger partial charge in [-0.3, -0.25) is 0 Å². The predicted molar refractivity (Wildman–Crippen MR) is 427 cm³/mol. The minimum atomic E-state index is 1.11. The molecule has 0 atom stereocenters. The van der Waals surface area contributed by atoms with Crippen molar-refractivity contribution in [3.05, 3.63) is 373 Å². The van der Waals surface area contributed by atoms with Gasteiger partial charge in [0.15, 0.2) is 0 Å². The smallest absolute Gasteiger partial charge is 0.0541 e. The Morgan fingerprint density at radius 1 is 0.167 bits per heavy atom. The van der Waals surface area contributed by atoms with Crippen LogP contribution in [0.15, 0.2) is 340 Å². The molecule has 0 fully saturated rings. The van der Waals surface area contributed by atoms with E-state index in [0.29, 0.717) is 0 Å². The van der Waals surface area contributed by atoms with Gasteiger partial charge in [-0.1, -0.05) is 133 Å². The van der Waals surface area contributed by atoms with Crippen LogP contribution in [-0.2, 0) is 38.5 Å². The second-order valence-corrected chi connectivity index (χ2v) is 27.9. The monoisotopic (exact) mass is 1300 g/mol. The van der Waals surface area contributed by atoms with Gasteiger partial charge in [0, 0.05) is 101 Å². The maximum Gasteiger partial charge on any atom is 0.0541 e. The number of hydrogen-bond acceptors (Lipinski definition) is 3. The minimum Gasteiger partial charge on any atom is -0.310 e. The molecule has 0 aliphatic heterocycles. The normalized spacial score (nSPS) is 12.9. The summed E-state index contributed by atoms with van der Waals surface area (Å²) in [5.74, 6) is 0. The molecule has 0 unspecified atom stereocenters. The molecule has 21 rings (SSSR count). The molecule has 0 spiro atoms. The highest BCUT2D eigenvalue weighted by Gasteiger charge is 2.25. The summed E-state index contributed by atoms with van der Waals surface area (Å²) in [7, 11) is 0. The van der Waals surface area contributed by atoms with Gasteiger partial charge in [0.05, 0.1) is 33.1 Å². The summed E-state index contributed by atoms with van der Waals surface area (Å²) in [5.41, 5.74) is 34.1. The highest BCUT2D eigenvalue weighted by Crippen LogP contribution is 2.46. The van der Waals surface area contributed by atoms with Gasteiger partial charge in [-0.05, 0) is 300 Å². The van der Waals surface area contributed by atoms with E-state index >= 15 is 0 Å². The number of aromatic nitrogens is 3. The van der Waals surface area contributed by atoms with Crippen LogP contribution in [0.5, 0.6) is 0 Å². The van der Waals surface area contributed by atoms with E-state index in [-0.39, 0.29) is 0 Å². The molecule has 18 aromatic rings. The van der Waals surface area contributed by atoms with Crippen molar-refractivity contribution < 1.29 is 0 Å². The SMILES string of the molecule is c1ccc(N(c2ccc(-n3c4ccccc4c4cc(-c5ccc6c(c5)c5cc(-c7ccc8c(c7)c7ccccc7n8-c7ccc(N(c8ccccc8)c8ccc9c(c8)CC9)cc7)ccc5n6-c5ccc(N(c6ccccc6)c6ccc7c(c6)CC7)cc5)ccc43)cc2)c2ccc3c(c2)CC3)cc1. The summed E-state index contributed by atoms with van der Waals surface area (Å²) >= 11 is 0. The minimum absolute atomic E-state index is 1.11. The first kappa shape index (κ1) is 58.1. The van der Waals surface area contributed by atoms with Gasteiger partial charge < -0.3 is 28.4 Å². The number of para-hydroxylation sites is 5. The van der Waals surface area contributed by atoms with Crippen LogP contribution in [0, 0.1) is 0 Å². The maximum atomic E-state index is 2.47. The molecule has 6 nitrogen and oxygen atoms in total. The maximum absolute atomic E-state index is 2.47. The van der Waals surface area contributed by atoms with Crippen LogP contribution < -0.4 is 14.7 Å². The fraction of sp³-hybridized carbons (Fsp3) is 0.0625. The lowest BCUT2D eigenvalue weighted by Crippen LogP contribution is -2.13. The van der Waals surface area contributed by atoms with Crippen LogP contribution in [0.1, 0.15) is 33.4 Å². The lowest BCUT2D eigenvalue weighted by Gasteiger charge is -2.28. The third-order valence-corrected chi connectivity index (χ3v) is 22.3. The van der Waals surface area contributed by atoms with Gasteiger partial charge in [-0.2, -0.15) is 0 Å². The zero-order valence-corrected chi connectivity index (χ0v) is 56.3. The Labute approximate surface area is 592 Å². The molecule has 0 bridgehead atoms. The number of hydrogen-bond donors (Lipinski definition) is 0. The topological polar surface area (TPSA) is 24.5 Å². The Kier molecular flexibility index (Phi) is 13.3. The van der Waals surface area contributed by atoms with E-state index < -0.39 is 0 Å². The Morgan fingerprint density at radius 3 is 0.676 bits per heavy atom. The van der Waals surface area contributed by atoms with Crippen molar-refractivity contribution >= 4 is 117 Å². The molecule has 6 heteroatoms. The fourth-order valence-corrected chi connectivity index (χ4v) is 16.8. The summed E-state index contributed by atoms with van der Waals surface area (Å²) in [6.45, 7) is 0. The van der Waals surface area contributed by atoms with Gasteiger partial charge in [0.2, 0.25) is 0 Å². The standard InChI is InChI=1S/C96H68N6/c1-4-14-73(15-5-1)97(82-37-30-63-24-27-66(63)56-82)76-40-46-79(47-41-76)100-91-22-12-10-20-85(91)87-59-69(33-52-93(87)100)71-35-54-95-89(61-71)90-62-72(36-55-96(90)102(95)81-50-44-78(45-51-81)99(75-18-8-3-9-19-75)84-39-32-65-26-29-68(65)58-84)70-34-53-94-88(60-70)86-21-11-13-23-92(86)101(94)80-48-42-77(43-49-80)98(74-16-6-2-7-17-74)83-38-31-64-25-28-67(64)57-83/h1-23,30-62H,24-29H2. The zero-order valence-electron chi connectivity index (χ0n) is 56.3. The molecule has 3 aromatic heterocycles. The summed E-state index contributed by atoms with van der Waals surface area (Å²) in [4.78, 5) is 7.16. The van der Waals surface area contributed by atoms with Crippen LogP contribution >= 0.6 is 0 Å². The molecule has 15 aromatic carbocycles. The number of fused-ring (bicyclic) bond motifs is 12. The molecule has 102 heavy (non-hydrogen) atoms. The van der Waals surface area contributed by atoms with E-state index in [0.717, 1.165) is 101 Å². The summed E-state index contributed by atoms with van der Waals surface area (Å²) in [5, 5.41) is 7.29. The predicted octanol–water partition coefficient (Wildman–Crippen LogP) is 25.0. The van der Waals surface area contributed by atoms with Gasteiger partial charge in [-0.15, -0.1) is 0 Å². The molecular formula is C96H68N6. The lowest BCUT2D eigenvalue weighted by molar-refractivity contribution is 0.839. The average molecular weight is 1310 g/mol. The molecule has 0 saturated carbocycles. The highest BCUT2D eigenvalue weighted by molar-refractivity contribution is 6.15. The Morgan fingerprint density at radius 2 is 0.402 bits per heavy atom. The van der Waals surface area contributed by atoms with Crippen LogP contribution in [0.25, 0.3) is 105 Å². The van der Waals surface area contributed by atoms with Crippen molar-refractivity contribution in [2.45, 2.75) is 38.5 Å². The summed E-state index contributed by atoms with van der Waals surface area (Å²) in [6, 6.07) is 127. The molecule has 0 N–H and O–H groups in total. The van der Waals surface area contributed by atoms with Gasteiger partial charge in [-0.25, -0.2) is 0 Å². The van der Waals surface area contributed by atoms with Crippen LogP contribution in [0.4, 0.5) is 51.2 Å². The zero-order chi connectivity index (χ0) is 66.9. The first-order chi connectivity index (χ1) is 50.5. The van der Waals surface area contributed by atoms with E-state index in [9.17, 15) is 0 Å². The van der Waals surface area contributed by atoms with Crippen molar-refractivity contribution in [2.24, 2.45) is 0 Å². The molecule has 0 radical (unpaired) electrons. The van der Waals surface area contributed by atoms with Gasteiger partial charge in [0.25, 0.3) is 0 Å². The van der Waals surface area contributed by atoms with Crippen molar-refractivity contribution in [1.29, 1.82) is 0 Å². The van der Waals surface area contributed by atoms with Crippen LogP contribution in [-0.4, -0.2) is 13.7 Å². The van der Waals surface area contributed by atoms with Gasteiger partial charge >= 0.3 is 0 Å². The Bertz CT molecular complexity index is 6040. The first-order valence-corrected chi connectivity index (χ1v) is 35.9. The number of aryl methyl sites for hydroxylation is 6. The van der Waals surface area contributed by atoms with E-state index in [1.54, 1.807) is 0 Å². The van der Waals surface area contributed by atoms with E-state index in [1.165, 1.54) is 127 Å². The molecule has 0 saturated heterocycles. The highest BCUT2D eigenvalue weighted by atomic mass is 15.2. The van der Waals surface area contributed by atoms with Crippen LogP contribution in [0.2, 0.25) is 0 Å². The number of anilines is 9. The molecule has 482 valence electrons. The largest absolute Gasteiger partial charge is 0.310 e. The number of nitrogens with zero attached hydrogens (tertiary/aromatic N) is 6. The molecule has 3 heterocycles. The quantitative estimate of drug-likeness (QED) is 0.108. The van der Waals surface area contributed by atoms with Crippen molar-refractivity contribution in [3.63, 3.8) is 0 Å². The molecular weight excluding hydrogens is 1240 g/mol. The molecule has 3 aliphatic rings. The molecule has 0 amide bonds. The van der Waals surface area contributed by atoms with Crippen molar-refractivity contribution in [3.8, 4) is 39.3 Å². The lowest BCUT2D eigenvalue weighted by atomic mass is 9.88. The third-order valence-electron chi connectivity index (χ3n) is 22.3. The average Bonchev–Trinajstić information content (AvgIpc) is 1.65.